The molecular formula is C23H32O4. The number of carbonyl (C=O) groups excluding carboxylic acids is 3. The zero-order chi connectivity index (χ0) is 19.6. The highest BCUT2D eigenvalue weighted by atomic mass is 16.5. The lowest BCUT2D eigenvalue weighted by Crippen LogP contribution is -2.27. The molecule has 2 unspecified atom stereocenters. The van der Waals surface area contributed by atoms with E-state index in [9.17, 15) is 14.4 Å². The fourth-order valence-electron chi connectivity index (χ4n) is 5.30. The van der Waals surface area contributed by atoms with Crippen LogP contribution in [0.2, 0.25) is 0 Å². The van der Waals surface area contributed by atoms with Crippen molar-refractivity contribution in [2.24, 2.45) is 23.7 Å². The van der Waals surface area contributed by atoms with Gasteiger partial charge in [-0.1, -0.05) is 19.4 Å². The Hall–Kier alpha value is -1.71. The molecule has 27 heavy (non-hydrogen) atoms. The monoisotopic (exact) mass is 372 g/mol. The summed E-state index contributed by atoms with van der Waals surface area (Å²) in [6.07, 6.45) is 9.48. The summed E-state index contributed by atoms with van der Waals surface area (Å²) in [7, 11) is 0. The van der Waals surface area contributed by atoms with E-state index in [1.54, 1.807) is 5.57 Å². The van der Waals surface area contributed by atoms with E-state index in [-0.39, 0.29) is 30.0 Å². The number of allylic oxidation sites excluding steroid dienone is 4. The average molecular weight is 373 g/mol. The molecule has 1 saturated carbocycles. The number of ketones is 2. The van der Waals surface area contributed by atoms with E-state index >= 15 is 0 Å². The van der Waals surface area contributed by atoms with Crippen molar-refractivity contribution in [3.63, 3.8) is 0 Å². The average Bonchev–Trinajstić information content (AvgIpc) is 2.68. The van der Waals surface area contributed by atoms with Crippen LogP contribution >= 0.6 is 0 Å². The van der Waals surface area contributed by atoms with E-state index in [4.69, 9.17) is 4.74 Å². The van der Waals surface area contributed by atoms with Crippen LogP contribution in [-0.2, 0) is 19.1 Å². The van der Waals surface area contributed by atoms with Crippen molar-refractivity contribution < 1.29 is 19.1 Å². The molecule has 0 aromatic heterocycles. The molecule has 0 saturated heterocycles. The molecule has 0 amide bonds. The van der Waals surface area contributed by atoms with Crippen molar-refractivity contribution in [1.82, 2.24) is 0 Å². The van der Waals surface area contributed by atoms with E-state index < -0.39 is 5.97 Å². The molecule has 4 nitrogen and oxygen atoms in total. The largest absolute Gasteiger partial charge is 0.458 e. The van der Waals surface area contributed by atoms with Crippen LogP contribution in [0.1, 0.15) is 72.1 Å². The number of hydrogen-bond donors (Lipinski definition) is 0. The molecule has 0 aromatic rings. The second-order valence-corrected chi connectivity index (χ2v) is 8.71. The number of ether oxygens (including phenoxy) is 1. The van der Waals surface area contributed by atoms with E-state index in [2.05, 4.69) is 13.8 Å². The summed E-state index contributed by atoms with van der Waals surface area (Å²) < 4.78 is 4.97. The zero-order valence-corrected chi connectivity index (χ0v) is 16.9. The molecule has 0 spiro atoms. The SMILES string of the molecule is CC(=O)OCC(=O)[C@H]1CCC(C)C2CCC3=CC(=O)CCC3=C2CC[C@@H]1C. The minimum absolute atomic E-state index is 0.0273. The number of rotatable bonds is 3. The number of fused-ring (bicyclic) bond motifs is 2. The van der Waals surface area contributed by atoms with Crippen molar-refractivity contribution in [2.75, 3.05) is 6.61 Å². The van der Waals surface area contributed by atoms with Crippen LogP contribution in [0.25, 0.3) is 0 Å². The highest BCUT2D eigenvalue weighted by Gasteiger charge is 2.35. The predicted molar refractivity (Wildman–Crippen MR) is 104 cm³/mol. The van der Waals surface area contributed by atoms with Gasteiger partial charge in [0.25, 0.3) is 0 Å². The van der Waals surface area contributed by atoms with Crippen molar-refractivity contribution in [1.29, 1.82) is 0 Å². The van der Waals surface area contributed by atoms with Crippen molar-refractivity contribution in [2.45, 2.75) is 72.1 Å². The summed E-state index contributed by atoms with van der Waals surface area (Å²) in [6, 6.07) is 0. The Labute approximate surface area is 162 Å². The summed E-state index contributed by atoms with van der Waals surface area (Å²) in [4.78, 5) is 35.5. The van der Waals surface area contributed by atoms with E-state index in [1.807, 2.05) is 6.08 Å². The van der Waals surface area contributed by atoms with Crippen LogP contribution in [0.15, 0.2) is 22.8 Å². The van der Waals surface area contributed by atoms with Crippen molar-refractivity contribution in [3.8, 4) is 0 Å². The molecule has 0 N–H and O–H groups in total. The Morgan fingerprint density at radius 2 is 1.78 bits per heavy atom. The fourth-order valence-corrected chi connectivity index (χ4v) is 5.30. The molecule has 0 aromatic carbocycles. The first-order valence-electron chi connectivity index (χ1n) is 10.5. The van der Waals surface area contributed by atoms with Crippen molar-refractivity contribution >= 4 is 17.5 Å². The Bertz CT molecular complexity index is 684. The summed E-state index contributed by atoms with van der Waals surface area (Å²) >= 11 is 0. The second-order valence-electron chi connectivity index (χ2n) is 8.71. The molecule has 4 atom stereocenters. The van der Waals surface area contributed by atoms with Crippen LogP contribution in [0.5, 0.6) is 0 Å². The molecule has 0 heterocycles. The zero-order valence-electron chi connectivity index (χ0n) is 16.9. The van der Waals surface area contributed by atoms with Gasteiger partial charge < -0.3 is 4.74 Å². The molecule has 0 aliphatic heterocycles. The van der Waals surface area contributed by atoms with Gasteiger partial charge in [-0.15, -0.1) is 0 Å². The molecule has 4 heteroatoms. The third-order valence-corrected chi connectivity index (χ3v) is 6.91. The minimum Gasteiger partial charge on any atom is -0.458 e. The maximum Gasteiger partial charge on any atom is 0.303 e. The van der Waals surface area contributed by atoms with Gasteiger partial charge >= 0.3 is 5.97 Å². The van der Waals surface area contributed by atoms with Gasteiger partial charge in [-0.2, -0.15) is 0 Å². The Kier molecular flexibility index (Phi) is 6.33. The minimum atomic E-state index is -0.392. The molecule has 0 radical (unpaired) electrons. The summed E-state index contributed by atoms with van der Waals surface area (Å²) in [6.45, 7) is 5.74. The lowest BCUT2D eigenvalue weighted by atomic mass is 9.69. The third kappa shape index (κ3) is 4.59. The van der Waals surface area contributed by atoms with Gasteiger partial charge in [-0.05, 0) is 79.9 Å². The van der Waals surface area contributed by atoms with Crippen LogP contribution in [0.3, 0.4) is 0 Å². The maximum atomic E-state index is 12.6. The summed E-state index contributed by atoms with van der Waals surface area (Å²) in [5, 5.41) is 0. The smallest absolute Gasteiger partial charge is 0.303 e. The number of Topliss-reactive ketones (excluding diaryl/α,β-unsaturated/α-hetero) is 1. The molecule has 3 aliphatic carbocycles. The topological polar surface area (TPSA) is 60.4 Å². The van der Waals surface area contributed by atoms with Gasteiger partial charge in [0.15, 0.2) is 11.6 Å². The Morgan fingerprint density at radius 3 is 2.52 bits per heavy atom. The fraction of sp³-hybridized carbons (Fsp3) is 0.696. The molecule has 148 valence electrons. The van der Waals surface area contributed by atoms with Gasteiger partial charge in [0.2, 0.25) is 0 Å². The van der Waals surface area contributed by atoms with Crippen LogP contribution in [-0.4, -0.2) is 24.1 Å². The highest BCUT2D eigenvalue weighted by Crippen LogP contribution is 2.46. The normalized spacial score (nSPS) is 31.7. The van der Waals surface area contributed by atoms with Crippen LogP contribution < -0.4 is 0 Å². The van der Waals surface area contributed by atoms with Gasteiger partial charge in [0, 0.05) is 19.3 Å². The molecule has 3 rings (SSSR count). The first-order valence-corrected chi connectivity index (χ1v) is 10.5. The van der Waals surface area contributed by atoms with Crippen LogP contribution in [0, 0.1) is 23.7 Å². The highest BCUT2D eigenvalue weighted by molar-refractivity contribution is 5.93. The first kappa shape index (κ1) is 20.0. The second kappa shape index (κ2) is 8.53. The Morgan fingerprint density at radius 1 is 1.00 bits per heavy atom. The van der Waals surface area contributed by atoms with E-state index in [0.717, 1.165) is 44.9 Å². The van der Waals surface area contributed by atoms with Gasteiger partial charge in [-0.3, -0.25) is 14.4 Å². The third-order valence-electron chi connectivity index (χ3n) is 6.91. The lowest BCUT2D eigenvalue weighted by molar-refractivity contribution is -0.147. The van der Waals surface area contributed by atoms with Gasteiger partial charge in [0.1, 0.15) is 6.61 Å². The molecular weight excluding hydrogens is 340 g/mol. The quantitative estimate of drug-likeness (QED) is 0.681. The number of carbonyl (C=O) groups is 3. The predicted octanol–water partition coefficient (Wildman–Crippen LogP) is 4.58. The molecule has 1 fully saturated rings. The molecule has 3 aliphatic rings. The first-order chi connectivity index (χ1) is 12.9. The lowest BCUT2D eigenvalue weighted by Gasteiger charge is -2.35. The Balaban J connectivity index is 1.81. The molecule has 0 bridgehead atoms. The van der Waals surface area contributed by atoms with E-state index in [0.29, 0.717) is 18.3 Å². The van der Waals surface area contributed by atoms with Gasteiger partial charge in [-0.25, -0.2) is 0 Å². The summed E-state index contributed by atoms with van der Waals surface area (Å²) in [5.74, 6) is 1.33. The van der Waals surface area contributed by atoms with E-state index in [1.165, 1.54) is 18.1 Å². The van der Waals surface area contributed by atoms with Crippen LogP contribution in [0.4, 0.5) is 0 Å². The maximum absolute atomic E-state index is 12.6. The summed E-state index contributed by atoms with van der Waals surface area (Å²) in [5.41, 5.74) is 4.29. The van der Waals surface area contributed by atoms with Crippen molar-refractivity contribution in [3.05, 3.63) is 22.8 Å². The standard InChI is InChI=1S/C23H32O4/c1-14-4-8-20(23(26)13-27-16(3)24)15(2)5-9-22-19(14)10-6-17-12-18(25)7-11-21(17)22/h12,14-15,19-20H,4-11,13H2,1-3H3/t14?,15-,19?,20-/m0/s1. The van der Waals surface area contributed by atoms with Gasteiger partial charge in [0.05, 0.1) is 0 Å². The number of esters is 1. The number of hydrogen-bond acceptors (Lipinski definition) is 4.